The second kappa shape index (κ2) is 9.20. The molecule has 1 saturated heterocycles. The fraction of sp³-hybridized carbons (Fsp3) is 0.240. The number of aromatic nitrogens is 1. The number of nitrogens with two attached hydrogens (primary N) is 1. The Morgan fingerprint density at radius 1 is 1.12 bits per heavy atom. The number of pyridine rings is 1. The smallest absolute Gasteiger partial charge is 0.257 e. The van der Waals surface area contributed by atoms with Crippen LogP contribution in [0.2, 0.25) is 0 Å². The van der Waals surface area contributed by atoms with Gasteiger partial charge >= 0.3 is 0 Å². The molecule has 1 aromatic heterocycles. The van der Waals surface area contributed by atoms with Crippen molar-refractivity contribution in [2.45, 2.75) is 12.0 Å². The van der Waals surface area contributed by atoms with Crippen LogP contribution in [-0.2, 0) is 16.0 Å². The van der Waals surface area contributed by atoms with Crippen molar-refractivity contribution in [1.29, 1.82) is 0 Å². The highest BCUT2D eigenvalue weighted by molar-refractivity contribution is 5.97. The standard InChI is InChI=1S/C25H25N3O4/c1-31-22-10-3-2-9-21(22)23(29)28-12-13-32-25(17-28,24(26)30)15-18-6-4-7-19(14-18)20-8-5-11-27-16-20/h2-11,14,16H,12-13,15,17H2,1H3,(H2,26,30)/t25-/m1/s1. The van der Waals surface area contributed by atoms with Crippen molar-refractivity contribution in [3.8, 4) is 16.9 Å². The first kappa shape index (κ1) is 21.5. The average Bonchev–Trinajstić information content (AvgIpc) is 2.84. The van der Waals surface area contributed by atoms with Crippen molar-refractivity contribution >= 4 is 11.8 Å². The number of rotatable bonds is 6. The maximum Gasteiger partial charge on any atom is 0.257 e. The van der Waals surface area contributed by atoms with Gasteiger partial charge < -0.3 is 20.1 Å². The van der Waals surface area contributed by atoms with Gasteiger partial charge in [-0.05, 0) is 34.9 Å². The summed E-state index contributed by atoms with van der Waals surface area (Å²) in [6, 6.07) is 18.7. The lowest BCUT2D eigenvalue weighted by Gasteiger charge is -2.41. The van der Waals surface area contributed by atoms with Crippen molar-refractivity contribution in [1.82, 2.24) is 9.88 Å². The summed E-state index contributed by atoms with van der Waals surface area (Å²) in [5.74, 6) is -0.333. The van der Waals surface area contributed by atoms with Crippen LogP contribution in [0.4, 0.5) is 0 Å². The van der Waals surface area contributed by atoms with E-state index >= 15 is 0 Å². The number of primary amides is 1. The molecule has 0 saturated carbocycles. The van der Waals surface area contributed by atoms with Crippen LogP contribution >= 0.6 is 0 Å². The van der Waals surface area contributed by atoms with Gasteiger partial charge in [0, 0.05) is 25.4 Å². The molecule has 0 spiro atoms. The van der Waals surface area contributed by atoms with E-state index < -0.39 is 11.5 Å². The molecule has 0 bridgehead atoms. The van der Waals surface area contributed by atoms with Crippen molar-refractivity contribution in [2.24, 2.45) is 5.73 Å². The lowest BCUT2D eigenvalue weighted by atomic mass is 9.90. The first-order valence-electron chi connectivity index (χ1n) is 10.4. The summed E-state index contributed by atoms with van der Waals surface area (Å²) in [7, 11) is 1.52. The SMILES string of the molecule is COc1ccccc1C(=O)N1CCO[C@@](Cc2cccc(-c3cccnc3)c2)(C(N)=O)C1. The number of morpholine rings is 1. The predicted octanol–water partition coefficient (Wildman–Crippen LogP) is 2.70. The van der Waals surface area contributed by atoms with E-state index in [0.717, 1.165) is 16.7 Å². The molecule has 1 aliphatic heterocycles. The van der Waals surface area contributed by atoms with Gasteiger partial charge in [0.05, 0.1) is 25.8 Å². The van der Waals surface area contributed by atoms with E-state index in [1.807, 2.05) is 36.4 Å². The first-order valence-corrected chi connectivity index (χ1v) is 10.4. The molecule has 4 rings (SSSR count). The summed E-state index contributed by atoms with van der Waals surface area (Å²) < 4.78 is 11.3. The molecule has 0 radical (unpaired) electrons. The Bertz CT molecular complexity index is 1120. The van der Waals surface area contributed by atoms with Crippen molar-refractivity contribution < 1.29 is 19.1 Å². The van der Waals surface area contributed by atoms with E-state index in [2.05, 4.69) is 4.98 Å². The summed E-state index contributed by atoms with van der Waals surface area (Å²) in [6.45, 7) is 0.643. The second-order valence-corrected chi connectivity index (χ2v) is 7.75. The topological polar surface area (TPSA) is 94.8 Å². The number of methoxy groups -OCH3 is 1. The summed E-state index contributed by atoms with van der Waals surface area (Å²) in [6.07, 6.45) is 3.76. The number of carbonyl (C=O) groups excluding carboxylic acids is 2. The summed E-state index contributed by atoms with van der Waals surface area (Å²) in [4.78, 5) is 31.6. The van der Waals surface area contributed by atoms with E-state index in [1.54, 1.807) is 41.6 Å². The van der Waals surface area contributed by atoms with Gasteiger partial charge in [-0.3, -0.25) is 14.6 Å². The Labute approximate surface area is 186 Å². The molecule has 0 unspecified atom stereocenters. The molecule has 1 aliphatic rings. The molecule has 2 aromatic carbocycles. The van der Waals surface area contributed by atoms with Gasteiger partial charge in [0.1, 0.15) is 5.75 Å². The van der Waals surface area contributed by atoms with Crippen LogP contribution in [0.1, 0.15) is 15.9 Å². The molecule has 1 fully saturated rings. The van der Waals surface area contributed by atoms with Gasteiger partial charge in [-0.2, -0.15) is 0 Å². The molecule has 3 aromatic rings. The Kier molecular flexibility index (Phi) is 6.18. The van der Waals surface area contributed by atoms with E-state index in [4.69, 9.17) is 15.2 Å². The normalized spacial score (nSPS) is 18.2. The Morgan fingerprint density at radius 3 is 2.69 bits per heavy atom. The molecule has 7 heteroatoms. The third-order valence-corrected chi connectivity index (χ3v) is 5.67. The number of nitrogens with zero attached hydrogens (tertiary/aromatic N) is 2. The van der Waals surface area contributed by atoms with Crippen LogP contribution in [0.25, 0.3) is 11.1 Å². The number of ether oxygens (including phenoxy) is 2. The highest BCUT2D eigenvalue weighted by Crippen LogP contribution is 2.28. The predicted molar refractivity (Wildman–Crippen MR) is 120 cm³/mol. The maximum atomic E-state index is 13.2. The maximum absolute atomic E-state index is 13.2. The second-order valence-electron chi connectivity index (χ2n) is 7.75. The lowest BCUT2D eigenvalue weighted by molar-refractivity contribution is -0.153. The quantitative estimate of drug-likeness (QED) is 0.648. The lowest BCUT2D eigenvalue weighted by Crippen LogP contribution is -2.61. The van der Waals surface area contributed by atoms with Crippen LogP contribution in [0.15, 0.2) is 73.1 Å². The molecule has 7 nitrogen and oxygen atoms in total. The molecule has 2 N–H and O–H groups in total. The number of carbonyl (C=O) groups is 2. The van der Waals surface area contributed by atoms with Crippen molar-refractivity contribution in [2.75, 3.05) is 26.8 Å². The highest BCUT2D eigenvalue weighted by Gasteiger charge is 2.44. The van der Waals surface area contributed by atoms with Gasteiger partial charge in [-0.1, -0.05) is 42.5 Å². The molecule has 1 atom stereocenters. The van der Waals surface area contributed by atoms with Gasteiger partial charge in [-0.25, -0.2) is 0 Å². The average molecular weight is 431 g/mol. The van der Waals surface area contributed by atoms with Crippen molar-refractivity contribution in [3.63, 3.8) is 0 Å². The fourth-order valence-electron chi connectivity index (χ4n) is 4.02. The third kappa shape index (κ3) is 4.33. The van der Waals surface area contributed by atoms with E-state index in [1.165, 1.54) is 7.11 Å². The van der Waals surface area contributed by atoms with Crippen LogP contribution in [-0.4, -0.2) is 54.1 Å². The number of benzene rings is 2. The number of amides is 2. The van der Waals surface area contributed by atoms with Crippen LogP contribution < -0.4 is 10.5 Å². The fourth-order valence-corrected chi connectivity index (χ4v) is 4.02. The Balaban J connectivity index is 1.60. The van der Waals surface area contributed by atoms with Crippen LogP contribution in [0.5, 0.6) is 5.75 Å². The highest BCUT2D eigenvalue weighted by atomic mass is 16.5. The van der Waals surface area contributed by atoms with E-state index in [9.17, 15) is 9.59 Å². The minimum atomic E-state index is -1.32. The minimum absolute atomic E-state index is 0.0658. The van der Waals surface area contributed by atoms with Gasteiger partial charge in [0.15, 0.2) is 5.60 Å². The zero-order valence-electron chi connectivity index (χ0n) is 17.9. The molecule has 32 heavy (non-hydrogen) atoms. The van der Waals surface area contributed by atoms with Crippen LogP contribution in [0.3, 0.4) is 0 Å². The van der Waals surface area contributed by atoms with E-state index in [-0.39, 0.29) is 25.5 Å². The van der Waals surface area contributed by atoms with E-state index in [0.29, 0.717) is 17.9 Å². The van der Waals surface area contributed by atoms with Crippen LogP contribution in [0, 0.1) is 0 Å². The van der Waals surface area contributed by atoms with Gasteiger partial charge in [0.25, 0.3) is 11.8 Å². The molecule has 0 aliphatic carbocycles. The number of para-hydroxylation sites is 1. The first-order chi connectivity index (χ1) is 15.5. The molecule has 164 valence electrons. The third-order valence-electron chi connectivity index (χ3n) is 5.67. The zero-order chi connectivity index (χ0) is 22.6. The molecular weight excluding hydrogens is 406 g/mol. The summed E-state index contributed by atoms with van der Waals surface area (Å²) >= 11 is 0. The molecule has 2 amide bonds. The largest absolute Gasteiger partial charge is 0.496 e. The summed E-state index contributed by atoms with van der Waals surface area (Å²) in [5, 5.41) is 0. The molecular formula is C25H25N3O4. The molecule has 2 heterocycles. The number of hydrogen-bond acceptors (Lipinski definition) is 5. The summed E-state index contributed by atoms with van der Waals surface area (Å²) in [5.41, 5.74) is 7.78. The Morgan fingerprint density at radius 2 is 1.94 bits per heavy atom. The number of hydrogen-bond donors (Lipinski definition) is 1. The zero-order valence-corrected chi connectivity index (χ0v) is 17.9. The van der Waals surface area contributed by atoms with Crippen molar-refractivity contribution in [3.05, 3.63) is 84.2 Å². The minimum Gasteiger partial charge on any atom is -0.496 e. The van der Waals surface area contributed by atoms with Gasteiger partial charge in [0.2, 0.25) is 0 Å². The Hall–Kier alpha value is -3.71. The van der Waals surface area contributed by atoms with Gasteiger partial charge in [-0.15, -0.1) is 0 Å². The monoisotopic (exact) mass is 431 g/mol.